The van der Waals surface area contributed by atoms with Crippen molar-refractivity contribution in [1.29, 1.82) is 0 Å². The summed E-state index contributed by atoms with van der Waals surface area (Å²) in [7, 11) is 0. The molecule has 0 amide bonds. The predicted octanol–water partition coefficient (Wildman–Crippen LogP) is 3.15. The number of fused-ring (bicyclic) bond motifs is 1. The first kappa shape index (κ1) is 13.8. The predicted molar refractivity (Wildman–Crippen MR) is 88.0 cm³/mol. The van der Waals surface area contributed by atoms with Crippen molar-refractivity contribution in [3.63, 3.8) is 0 Å². The maximum atomic E-state index is 4.72. The first-order chi connectivity index (χ1) is 10.8. The lowest BCUT2D eigenvalue weighted by Crippen LogP contribution is -2.30. The van der Waals surface area contributed by atoms with Crippen LogP contribution in [0.1, 0.15) is 30.7 Å². The smallest absolute Gasteiger partial charge is 0.235 e. The molecule has 2 aromatic heterocycles. The number of piperidine rings is 1. The highest BCUT2D eigenvalue weighted by Crippen LogP contribution is 2.26. The standard InChI is InChI=1S/C16H19N5S/c1-12-5-7-13(8-6-12)15-19-21-14(17-18-16(21)22-15)11-20-9-3-2-4-10-20/h5-8H,2-4,9-11H2,1H3. The van der Waals surface area contributed by atoms with Crippen molar-refractivity contribution in [2.45, 2.75) is 32.7 Å². The van der Waals surface area contributed by atoms with E-state index in [2.05, 4.69) is 46.3 Å². The molecule has 4 rings (SSSR count). The molecule has 0 atom stereocenters. The quantitative estimate of drug-likeness (QED) is 0.745. The normalized spacial score (nSPS) is 16.4. The first-order valence-corrected chi connectivity index (χ1v) is 8.62. The van der Waals surface area contributed by atoms with Crippen LogP contribution < -0.4 is 0 Å². The van der Waals surface area contributed by atoms with Gasteiger partial charge in [-0.1, -0.05) is 47.6 Å². The van der Waals surface area contributed by atoms with E-state index in [4.69, 9.17) is 5.10 Å². The summed E-state index contributed by atoms with van der Waals surface area (Å²) in [5.74, 6) is 0.950. The number of likely N-dealkylation sites (tertiary alicyclic amines) is 1. The van der Waals surface area contributed by atoms with E-state index < -0.39 is 0 Å². The number of hydrogen-bond donors (Lipinski definition) is 0. The summed E-state index contributed by atoms with van der Waals surface area (Å²) in [6.07, 6.45) is 3.92. The Hall–Kier alpha value is -1.79. The molecule has 1 aliphatic rings. The highest BCUT2D eigenvalue weighted by atomic mass is 32.1. The Morgan fingerprint density at radius 2 is 1.82 bits per heavy atom. The summed E-state index contributed by atoms with van der Waals surface area (Å²) in [5.41, 5.74) is 2.41. The Kier molecular flexibility index (Phi) is 3.63. The molecule has 1 fully saturated rings. The SMILES string of the molecule is Cc1ccc(-c2nn3c(CN4CCCCC4)nnc3s2)cc1. The van der Waals surface area contributed by atoms with Crippen molar-refractivity contribution in [2.24, 2.45) is 0 Å². The van der Waals surface area contributed by atoms with E-state index >= 15 is 0 Å². The zero-order valence-corrected chi connectivity index (χ0v) is 13.5. The van der Waals surface area contributed by atoms with Gasteiger partial charge in [0, 0.05) is 5.56 Å². The second-order valence-corrected chi connectivity index (χ2v) is 6.88. The van der Waals surface area contributed by atoms with E-state index in [1.807, 2.05) is 4.52 Å². The average molecular weight is 313 g/mol. The number of aromatic nitrogens is 4. The molecule has 1 aliphatic heterocycles. The first-order valence-electron chi connectivity index (χ1n) is 7.80. The molecule has 22 heavy (non-hydrogen) atoms. The summed E-state index contributed by atoms with van der Waals surface area (Å²) in [4.78, 5) is 3.33. The third-order valence-electron chi connectivity index (χ3n) is 4.17. The Bertz CT molecular complexity index is 768. The van der Waals surface area contributed by atoms with Crippen LogP contribution in [0.25, 0.3) is 15.5 Å². The van der Waals surface area contributed by atoms with E-state index in [0.717, 1.165) is 41.0 Å². The molecule has 0 saturated carbocycles. The lowest BCUT2D eigenvalue weighted by molar-refractivity contribution is 0.214. The summed E-state index contributed by atoms with van der Waals surface area (Å²) in [6.45, 7) is 5.26. The topological polar surface area (TPSA) is 46.3 Å². The number of aryl methyl sites for hydroxylation is 1. The average Bonchev–Trinajstić information content (AvgIpc) is 3.11. The zero-order valence-electron chi connectivity index (χ0n) is 12.7. The lowest BCUT2D eigenvalue weighted by Gasteiger charge is -2.25. The van der Waals surface area contributed by atoms with Gasteiger partial charge in [-0.05, 0) is 32.9 Å². The minimum absolute atomic E-state index is 0.845. The molecule has 0 N–H and O–H groups in total. The van der Waals surface area contributed by atoms with Gasteiger partial charge >= 0.3 is 0 Å². The van der Waals surface area contributed by atoms with Crippen LogP contribution in [0.4, 0.5) is 0 Å². The Balaban J connectivity index is 1.62. The fraction of sp³-hybridized carbons (Fsp3) is 0.438. The van der Waals surface area contributed by atoms with Gasteiger partial charge in [-0.25, -0.2) is 0 Å². The van der Waals surface area contributed by atoms with Crippen LogP contribution >= 0.6 is 11.3 Å². The van der Waals surface area contributed by atoms with Crippen molar-refractivity contribution in [3.8, 4) is 10.6 Å². The second-order valence-electron chi connectivity index (χ2n) is 5.92. The van der Waals surface area contributed by atoms with Crippen molar-refractivity contribution >= 4 is 16.3 Å². The van der Waals surface area contributed by atoms with E-state index in [-0.39, 0.29) is 0 Å². The molecule has 3 heterocycles. The molecule has 0 spiro atoms. The molecule has 3 aromatic rings. The van der Waals surface area contributed by atoms with Gasteiger partial charge in [0.1, 0.15) is 5.01 Å². The third kappa shape index (κ3) is 2.64. The van der Waals surface area contributed by atoms with E-state index in [1.54, 1.807) is 11.3 Å². The van der Waals surface area contributed by atoms with Gasteiger partial charge in [0.2, 0.25) is 4.96 Å². The number of rotatable bonds is 3. The maximum absolute atomic E-state index is 4.72. The fourth-order valence-corrected chi connectivity index (χ4v) is 3.75. The largest absolute Gasteiger partial charge is 0.296 e. The van der Waals surface area contributed by atoms with Crippen molar-refractivity contribution in [1.82, 2.24) is 24.7 Å². The maximum Gasteiger partial charge on any atom is 0.235 e. The van der Waals surface area contributed by atoms with Gasteiger partial charge in [-0.2, -0.15) is 9.61 Å². The Labute approximate surface area is 133 Å². The fourth-order valence-electron chi connectivity index (χ4n) is 2.89. The third-order valence-corrected chi connectivity index (χ3v) is 5.12. The van der Waals surface area contributed by atoms with Crippen LogP contribution in [-0.2, 0) is 6.54 Å². The minimum Gasteiger partial charge on any atom is -0.296 e. The van der Waals surface area contributed by atoms with Gasteiger partial charge in [0.05, 0.1) is 6.54 Å². The van der Waals surface area contributed by atoms with Gasteiger partial charge < -0.3 is 0 Å². The number of hydrogen-bond acceptors (Lipinski definition) is 5. The summed E-state index contributed by atoms with van der Waals surface area (Å²) in [6, 6.07) is 8.47. The lowest BCUT2D eigenvalue weighted by atomic mass is 10.1. The minimum atomic E-state index is 0.845. The molecule has 0 radical (unpaired) electrons. The van der Waals surface area contributed by atoms with E-state index in [9.17, 15) is 0 Å². The van der Waals surface area contributed by atoms with Crippen LogP contribution in [0, 0.1) is 6.92 Å². The molecular weight excluding hydrogens is 294 g/mol. The van der Waals surface area contributed by atoms with Gasteiger partial charge in [0.25, 0.3) is 0 Å². The molecule has 0 aliphatic carbocycles. The van der Waals surface area contributed by atoms with Crippen molar-refractivity contribution in [2.75, 3.05) is 13.1 Å². The van der Waals surface area contributed by atoms with E-state index in [0.29, 0.717) is 0 Å². The van der Waals surface area contributed by atoms with Crippen LogP contribution in [0.2, 0.25) is 0 Å². The van der Waals surface area contributed by atoms with Crippen molar-refractivity contribution in [3.05, 3.63) is 35.7 Å². The van der Waals surface area contributed by atoms with Crippen LogP contribution in [0.5, 0.6) is 0 Å². The van der Waals surface area contributed by atoms with Crippen LogP contribution in [0.15, 0.2) is 24.3 Å². The molecular formula is C16H19N5S. The highest BCUT2D eigenvalue weighted by Gasteiger charge is 2.17. The van der Waals surface area contributed by atoms with Gasteiger partial charge in [-0.15, -0.1) is 10.2 Å². The summed E-state index contributed by atoms with van der Waals surface area (Å²) < 4.78 is 1.91. The van der Waals surface area contributed by atoms with Crippen LogP contribution in [-0.4, -0.2) is 37.8 Å². The van der Waals surface area contributed by atoms with E-state index in [1.165, 1.54) is 24.8 Å². The monoisotopic (exact) mass is 313 g/mol. The molecule has 1 saturated heterocycles. The summed E-state index contributed by atoms with van der Waals surface area (Å²) in [5, 5.41) is 14.3. The molecule has 6 heteroatoms. The molecule has 5 nitrogen and oxygen atoms in total. The Morgan fingerprint density at radius 1 is 1.05 bits per heavy atom. The summed E-state index contributed by atoms with van der Waals surface area (Å²) >= 11 is 1.60. The Morgan fingerprint density at radius 3 is 2.59 bits per heavy atom. The second kappa shape index (κ2) is 5.78. The molecule has 114 valence electrons. The molecule has 1 aromatic carbocycles. The van der Waals surface area contributed by atoms with Crippen LogP contribution in [0.3, 0.4) is 0 Å². The highest BCUT2D eigenvalue weighted by molar-refractivity contribution is 7.19. The zero-order chi connectivity index (χ0) is 14.9. The van der Waals surface area contributed by atoms with Crippen molar-refractivity contribution < 1.29 is 0 Å². The van der Waals surface area contributed by atoms with Gasteiger partial charge in [0.15, 0.2) is 5.82 Å². The number of nitrogens with zero attached hydrogens (tertiary/aromatic N) is 5. The molecule has 0 unspecified atom stereocenters. The number of benzene rings is 1. The molecule has 0 bridgehead atoms. The van der Waals surface area contributed by atoms with Gasteiger partial charge in [-0.3, -0.25) is 4.90 Å².